The Morgan fingerprint density at radius 1 is 0.703 bits per heavy atom. The number of ether oxygens (including phenoxy) is 1. The minimum absolute atomic E-state index is 0.0278. The first-order valence-corrected chi connectivity index (χ1v) is 16.6. The molecule has 0 aromatic heterocycles. The standard InChI is InChI=1S/C30H63NO5P/c1-6-8-9-10-11-12-13-14-15-16-17-18-20-24-34-27-29(26-30(32)22-7-2)28-36-37(33)35-25-21-19-23-31(3,4)5/h29,33H,6-28H2,1-5H3/q+1. The van der Waals surface area contributed by atoms with E-state index in [-0.39, 0.29) is 11.7 Å². The topological polar surface area (TPSA) is 65.0 Å². The van der Waals surface area contributed by atoms with Crippen LogP contribution in [0.25, 0.3) is 0 Å². The molecule has 0 saturated heterocycles. The van der Waals surface area contributed by atoms with E-state index in [1.54, 1.807) is 0 Å². The Balaban J connectivity index is 3.87. The number of hydrogen-bond donors (Lipinski definition) is 1. The number of Topliss-reactive ketones (excluding diaryl/α,β-unsaturated/α-hetero) is 1. The molecule has 0 aromatic carbocycles. The second-order valence-corrected chi connectivity index (χ2v) is 12.8. The smallest absolute Gasteiger partial charge is 0.329 e. The van der Waals surface area contributed by atoms with Gasteiger partial charge < -0.3 is 23.2 Å². The van der Waals surface area contributed by atoms with Crippen molar-refractivity contribution < 1.29 is 28.0 Å². The van der Waals surface area contributed by atoms with Crippen molar-refractivity contribution in [2.45, 2.75) is 129 Å². The van der Waals surface area contributed by atoms with E-state index in [9.17, 15) is 9.69 Å². The summed E-state index contributed by atoms with van der Waals surface area (Å²) in [5.74, 6) is 0.212. The maximum Gasteiger partial charge on any atom is 0.329 e. The van der Waals surface area contributed by atoms with Crippen LogP contribution in [0.1, 0.15) is 129 Å². The summed E-state index contributed by atoms with van der Waals surface area (Å²) in [6.45, 7) is 7.40. The van der Waals surface area contributed by atoms with Crippen LogP contribution in [-0.4, -0.2) is 69.3 Å². The fourth-order valence-electron chi connectivity index (χ4n) is 4.38. The fraction of sp³-hybridized carbons (Fsp3) is 0.967. The van der Waals surface area contributed by atoms with Crippen molar-refractivity contribution in [2.75, 3.05) is 54.1 Å². The van der Waals surface area contributed by atoms with Crippen molar-refractivity contribution in [3.63, 3.8) is 0 Å². The highest BCUT2D eigenvalue weighted by atomic mass is 31.2. The molecule has 0 bridgehead atoms. The molecule has 0 fully saturated rings. The first kappa shape index (κ1) is 36.9. The lowest BCUT2D eigenvalue weighted by molar-refractivity contribution is -0.870. The molecular weight excluding hydrogens is 485 g/mol. The summed E-state index contributed by atoms with van der Waals surface area (Å²) >= 11 is 0. The SMILES string of the molecule is CCCCCCCCCCCCCCCOCC(COP(O)OCCCC[N+](C)(C)C)CC(=O)CCC. The minimum Gasteiger partial charge on any atom is -0.381 e. The van der Waals surface area contributed by atoms with Gasteiger partial charge in [0.1, 0.15) is 5.78 Å². The zero-order chi connectivity index (χ0) is 27.6. The van der Waals surface area contributed by atoms with Gasteiger partial charge in [0.05, 0.1) is 47.5 Å². The number of unbranched alkanes of at least 4 members (excludes halogenated alkanes) is 13. The molecule has 37 heavy (non-hydrogen) atoms. The average molecular weight is 549 g/mol. The Hall–Kier alpha value is -0.100. The van der Waals surface area contributed by atoms with Crippen LogP contribution in [0, 0.1) is 5.92 Å². The zero-order valence-corrected chi connectivity index (χ0v) is 26.2. The quantitative estimate of drug-likeness (QED) is 0.0580. The van der Waals surface area contributed by atoms with Crippen LogP contribution >= 0.6 is 8.60 Å². The molecule has 0 heterocycles. The molecule has 6 nitrogen and oxygen atoms in total. The van der Waals surface area contributed by atoms with Crippen molar-refractivity contribution in [2.24, 2.45) is 5.92 Å². The molecule has 7 heteroatoms. The molecular formula is C30H63NO5P+. The molecule has 1 N–H and O–H groups in total. The number of carbonyl (C=O) groups excluding carboxylic acids is 1. The summed E-state index contributed by atoms with van der Waals surface area (Å²) in [7, 11) is 4.61. The molecule has 2 atom stereocenters. The second-order valence-electron chi connectivity index (χ2n) is 11.8. The minimum atomic E-state index is -1.90. The summed E-state index contributed by atoms with van der Waals surface area (Å²) < 4.78 is 17.9. The Labute approximate surface area is 231 Å². The highest BCUT2D eigenvalue weighted by Gasteiger charge is 2.18. The van der Waals surface area contributed by atoms with Crippen LogP contribution in [-0.2, 0) is 18.6 Å². The van der Waals surface area contributed by atoms with Gasteiger partial charge in [0.25, 0.3) is 0 Å². The summed E-state index contributed by atoms with van der Waals surface area (Å²) in [4.78, 5) is 22.3. The largest absolute Gasteiger partial charge is 0.381 e. The van der Waals surface area contributed by atoms with Gasteiger partial charge in [-0.2, -0.15) is 0 Å². The molecule has 0 aliphatic heterocycles. The molecule has 0 spiro atoms. The van der Waals surface area contributed by atoms with Gasteiger partial charge in [-0.25, -0.2) is 0 Å². The van der Waals surface area contributed by atoms with Crippen molar-refractivity contribution in [1.82, 2.24) is 0 Å². The van der Waals surface area contributed by atoms with Crippen LogP contribution in [0.5, 0.6) is 0 Å². The predicted octanol–water partition coefficient (Wildman–Crippen LogP) is 8.21. The molecule has 0 rings (SSSR count). The summed E-state index contributed by atoms with van der Waals surface area (Å²) in [5, 5.41) is 0. The zero-order valence-electron chi connectivity index (χ0n) is 25.3. The maximum absolute atomic E-state index is 12.2. The van der Waals surface area contributed by atoms with E-state index in [1.165, 1.54) is 77.0 Å². The van der Waals surface area contributed by atoms with E-state index in [2.05, 4.69) is 28.1 Å². The van der Waals surface area contributed by atoms with Gasteiger partial charge in [0.15, 0.2) is 0 Å². The Morgan fingerprint density at radius 3 is 1.78 bits per heavy atom. The second kappa shape index (κ2) is 26.1. The normalized spacial score (nSPS) is 13.7. The predicted molar refractivity (Wildman–Crippen MR) is 158 cm³/mol. The van der Waals surface area contributed by atoms with Gasteiger partial charge in [-0.1, -0.05) is 90.9 Å². The third kappa shape index (κ3) is 28.7. The lowest BCUT2D eigenvalue weighted by Crippen LogP contribution is -2.35. The summed E-state index contributed by atoms with van der Waals surface area (Å²) in [6, 6.07) is 0. The summed E-state index contributed by atoms with van der Waals surface area (Å²) in [6.07, 6.45) is 21.2. The lowest BCUT2D eigenvalue weighted by Gasteiger charge is -2.23. The molecule has 0 amide bonds. The molecule has 222 valence electrons. The maximum atomic E-state index is 12.2. The molecule has 0 aliphatic rings. The summed E-state index contributed by atoms with van der Waals surface area (Å²) in [5.41, 5.74) is 0. The van der Waals surface area contributed by atoms with Crippen LogP contribution in [0.15, 0.2) is 0 Å². The third-order valence-electron chi connectivity index (χ3n) is 6.64. The highest BCUT2D eigenvalue weighted by Crippen LogP contribution is 2.34. The van der Waals surface area contributed by atoms with Gasteiger partial charge in [0, 0.05) is 25.4 Å². The van der Waals surface area contributed by atoms with E-state index < -0.39 is 8.60 Å². The van der Waals surface area contributed by atoms with E-state index in [4.69, 9.17) is 13.8 Å². The monoisotopic (exact) mass is 548 g/mol. The van der Waals surface area contributed by atoms with Crippen LogP contribution in [0.2, 0.25) is 0 Å². The van der Waals surface area contributed by atoms with Crippen molar-refractivity contribution in [3.05, 3.63) is 0 Å². The van der Waals surface area contributed by atoms with E-state index >= 15 is 0 Å². The molecule has 2 unspecified atom stereocenters. The first-order valence-electron chi connectivity index (χ1n) is 15.4. The molecule has 0 aromatic rings. The number of nitrogens with zero attached hydrogens (tertiary/aromatic N) is 1. The third-order valence-corrected chi connectivity index (χ3v) is 7.41. The van der Waals surface area contributed by atoms with E-state index in [1.807, 2.05) is 6.92 Å². The van der Waals surface area contributed by atoms with Gasteiger partial charge in [-0.3, -0.25) is 4.79 Å². The Bertz CT molecular complexity index is 501. The van der Waals surface area contributed by atoms with E-state index in [0.29, 0.717) is 32.7 Å². The molecule has 0 saturated carbocycles. The average Bonchev–Trinajstić information content (AvgIpc) is 2.84. The van der Waals surface area contributed by atoms with Crippen molar-refractivity contribution >= 4 is 14.4 Å². The van der Waals surface area contributed by atoms with Gasteiger partial charge in [-0.15, -0.1) is 0 Å². The van der Waals surface area contributed by atoms with Crippen LogP contribution < -0.4 is 0 Å². The van der Waals surface area contributed by atoms with Crippen LogP contribution in [0.4, 0.5) is 0 Å². The Morgan fingerprint density at radius 2 is 1.24 bits per heavy atom. The van der Waals surface area contributed by atoms with Gasteiger partial charge in [0.2, 0.25) is 0 Å². The molecule has 0 aliphatic carbocycles. The number of carbonyl (C=O) groups is 1. The highest BCUT2D eigenvalue weighted by molar-refractivity contribution is 7.40. The number of quaternary nitrogens is 1. The lowest BCUT2D eigenvalue weighted by atomic mass is 10.0. The van der Waals surface area contributed by atoms with Gasteiger partial charge >= 0.3 is 8.60 Å². The number of rotatable bonds is 29. The van der Waals surface area contributed by atoms with Crippen LogP contribution in [0.3, 0.4) is 0 Å². The van der Waals surface area contributed by atoms with Crippen molar-refractivity contribution in [3.8, 4) is 0 Å². The number of ketones is 1. The van der Waals surface area contributed by atoms with E-state index in [0.717, 1.165) is 43.3 Å². The molecule has 0 radical (unpaired) electrons. The number of hydrogen-bond acceptors (Lipinski definition) is 5. The van der Waals surface area contributed by atoms with Gasteiger partial charge in [-0.05, 0) is 25.7 Å². The fourth-order valence-corrected chi connectivity index (χ4v) is 5.08. The van der Waals surface area contributed by atoms with Crippen molar-refractivity contribution in [1.29, 1.82) is 0 Å². The first-order chi connectivity index (χ1) is 17.8. The Kier molecular flexibility index (Phi) is 26.1.